The molecule has 0 saturated carbocycles. The van der Waals surface area contributed by atoms with Crippen molar-refractivity contribution in [1.82, 2.24) is 0 Å². The molecule has 91 heavy (non-hydrogen) atoms. The monoisotopic (exact) mass is 1160 g/mol. The number of nitrogens with zero attached hydrogens (tertiary/aromatic N) is 2. The van der Waals surface area contributed by atoms with Gasteiger partial charge in [-0.15, -0.1) is 0 Å². The number of rotatable bonds is 12. The zero-order chi connectivity index (χ0) is 60.7. The summed E-state index contributed by atoms with van der Waals surface area (Å²) in [5.41, 5.74) is 29.7. The molecular weight excluding hydrogens is 1100 g/mol. The molecule has 2 heteroatoms. The Morgan fingerprint density at radius 2 is 0.571 bits per heavy atom. The molecule has 0 aromatic heterocycles. The fourth-order valence-electron chi connectivity index (χ4n) is 16.2. The molecule has 0 amide bonds. The Kier molecular flexibility index (Phi) is 12.7. The van der Waals surface area contributed by atoms with Gasteiger partial charge in [0.15, 0.2) is 0 Å². The minimum Gasteiger partial charge on any atom is -0.310 e. The van der Waals surface area contributed by atoms with Crippen LogP contribution in [0.4, 0.5) is 34.1 Å². The Labute approximate surface area is 534 Å². The lowest BCUT2D eigenvalue weighted by Crippen LogP contribution is -2.29. The molecule has 430 valence electrons. The van der Waals surface area contributed by atoms with Crippen LogP contribution < -0.4 is 9.80 Å². The van der Waals surface area contributed by atoms with Crippen molar-refractivity contribution in [3.8, 4) is 55.6 Å². The Bertz CT molecular complexity index is 5000. The normalized spacial score (nSPS) is 13.9. The maximum absolute atomic E-state index is 2.55. The van der Waals surface area contributed by atoms with Crippen LogP contribution in [0.3, 0.4) is 0 Å². The predicted molar refractivity (Wildman–Crippen MR) is 379 cm³/mol. The first-order chi connectivity index (χ1) is 44.9. The number of hydrogen-bond acceptors (Lipinski definition) is 2. The summed E-state index contributed by atoms with van der Waals surface area (Å²) in [6.45, 7) is 4.80. The van der Waals surface area contributed by atoms with Gasteiger partial charge >= 0.3 is 0 Å². The van der Waals surface area contributed by atoms with Crippen molar-refractivity contribution in [3.05, 3.63) is 407 Å². The van der Waals surface area contributed by atoms with Crippen LogP contribution in [0.2, 0.25) is 0 Å². The van der Waals surface area contributed by atoms with Gasteiger partial charge in [0.25, 0.3) is 0 Å². The van der Waals surface area contributed by atoms with E-state index in [4.69, 9.17) is 0 Å². The number of anilines is 6. The average Bonchev–Trinajstić information content (AvgIpc) is 1.58. The summed E-state index contributed by atoms with van der Waals surface area (Å²) < 4.78 is 0. The molecule has 0 fully saturated rings. The van der Waals surface area contributed by atoms with Crippen molar-refractivity contribution < 1.29 is 0 Å². The Balaban J connectivity index is 0.926. The molecule has 3 aliphatic carbocycles. The molecule has 0 saturated heterocycles. The number of fused-ring (bicyclic) bond motifs is 9. The zero-order valence-electron chi connectivity index (χ0n) is 50.9. The second-order valence-corrected chi connectivity index (χ2v) is 25.0. The minimum absolute atomic E-state index is 0.310. The average molecular weight is 1160 g/mol. The highest BCUT2D eigenvalue weighted by molar-refractivity contribution is 5.97. The fraction of sp³-hybridized carbons (Fsp3) is 0.0562. The smallest absolute Gasteiger partial charge is 0.0714 e. The SMILES string of the molecule is CC1(C)c2ccccc2-c2cccc(N(c3cccc(N(c4cccc(C5(c6ccccc6)c6ccccc6-c6ccccc65)c4)c4ccc5c(c4)C(c4ccccc4)(c4ccccc4)c4ccccc4-5)c3)c3ccccc3-c3ccc(-c4ccccc4)cc3)c21. The summed E-state index contributed by atoms with van der Waals surface area (Å²) in [5.74, 6) is 0. The van der Waals surface area contributed by atoms with E-state index in [1.54, 1.807) is 0 Å². The third-order valence-electron chi connectivity index (χ3n) is 20.0. The van der Waals surface area contributed by atoms with Crippen molar-refractivity contribution in [1.29, 1.82) is 0 Å². The van der Waals surface area contributed by atoms with E-state index in [1.165, 1.54) is 100 Å². The van der Waals surface area contributed by atoms with Gasteiger partial charge in [-0.05, 0) is 160 Å². The lowest BCUT2D eigenvalue weighted by Gasteiger charge is -2.36. The molecule has 0 N–H and O–H groups in total. The largest absolute Gasteiger partial charge is 0.310 e. The van der Waals surface area contributed by atoms with Crippen molar-refractivity contribution >= 4 is 34.1 Å². The molecule has 2 nitrogen and oxygen atoms in total. The first-order valence-corrected chi connectivity index (χ1v) is 31.8. The predicted octanol–water partition coefficient (Wildman–Crippen LogP) is 23.0. The van der Waals surface area contributed by atoms with Gasteiger partial charge in [-0.3, -0.25) is 0 Å². The molecule has 3 aliphatic rings. The zero-order valence-corrected chi connectivity index (χ0v) is 50.9. The van der Waals surface area contributed by atoms with Crippen LogP contribution >= 0.6 is 0 Å². The lowest BCUT2D eigenvalue weighted by atomic mass is 9.67. The highest BCUT2D eigenvalue weighted by Crippen LogP contribution is 2.61. The third kappa shape index (κ3) is 8.26. The van der Waals surface area contributed by atoms with Gasteiger partial charge < -0.3 is 9.80 Å². The van der Waals surface area contributed by atoms with Crippen molar-refractivity contribution in [2.24, 2.45) is 0 Å². The van der Waals surface area contributed by atoms with Crippen LogP contribution in [0.25, 0.3) is 55.6 Å². The van der Waals surface area contributed by atoms with Crippen LogP contribution in [0.15, 0.2) is 352 Å². The van der Waals surface area contributed by atoms with Crippen LogP contribution in [0.5, 0.6) is 0 Å². The maximum Gasteiger partial charge on any atom is 0.0714 e. The van der Waals surface area contributed by atoms with Crippen LogP contribution in [-0.2, 0) is 16.2 Å². The van der Waals surface area contributed by atoms with E-state index in [9.17, 15) is 0 Å². The Morgan fingerprint density at radius 3 is 1.14 bits per heavy atom. The van der Waals surface area contributed by atoms with Crippen LogP contribution in [0.1, 0.15) is 69.5 Å². The quantitative estimate of drug-likeness (QED) is 0.120. The molecule has 0 atom stereocenters. The lowest BCUT2D eigenvalue weighted by molar-refractivity contribution is 0.661. The number of benzene rings is 14. The van der Waals surface area contributed by atoms with E-state index in [2.05, 4.69) is 375 Å². The summed E-state index contributed by atoms with van der Waals surface area (Å²) in [4.78, 5) is 5.08. The first-order valence-electron chi connectivity index (χ1n) is 31.8. The molecule has 0 spiro atoms. The standard InChI is InChI=1S/C89H64N2/c1-87(2)79-46-20-15-44-76(79)78-45-27-51-85(86(78)87)91(84-50-24-19-40-72(84)63-54-52-62(53-55-63)61-28-7-3-8-29-61)70-39-26-38-69(59-70)90(68-37-25-36-67(58-68)89(66-34-13-6-14-35-66)81-48-22-16-41-73(81)74-42-17-23-49-82(74)89)71-56-57-77-75-43-18-21-47-80(75)88(83(77)60-71,64-30-9-4-10-31-64)65-32-11-5-12-33-65/h3-60H,1-2H3. The highest BCUT2D eigenvalue weighted by atomic mass is 15.2. The van der Waals surface area contributed by atoms with Gasteiger partial charge in [-0.2, -0.15) is 0 Å². The van der Waals surface area contributed by atoms with Crippen molar-refractivity contribution in [2.45, 2.75) is 30.1 Å². The number of para-hydroxylation sites is 1. The third-order valence-corrected chi connectivity index (χ3v) is 20.0. The van der Waals surface area contributed by atoms with Crippen LogP contribution in [-0.4, -0.2) is 0 Å². The van der Waals surface area contributed by atoms with E-state index in [0.29, 0.717) is 0 Å². The Morgan fingerprint density at radius 1 is 0.209 bits per heavy atom. The first kappa shape index (κ1) is 53.9. The summed E-state index contributed by atoms with van der Waals surface area (Å²) in [7, 11) is 0. The molecule has 17 rings (SSSR count). The van der Waals surface area contributed by atoms with Gasteiger partial charge in [0.05, 0.1) is 22.2 Å². The van der Waals surface area contributed by atoms with E-state index >= 15 is 0 Å². The molecule has 0 bridgehead atoms. The summed E-state index contributed by atoms with van der Waals surface area (Å²) in [6, 6.07) is 131. The van der Waals surface area contributed by atoms with Gasteiger partial charge in [0.2, 0.25) is 0 Å². The minimum atomic E-state index is -0.620. The molecular formula is C89H64N2. The number of hydrogen-bond donors (Lipinski definition) is 0. The molecule has 0 radical (unpaired) electrons. The molecule has 14 aromatic rings. The molecule has 0 unspecified atom stereocenters. The second-order valence-electron chi connectivity index (χ2n) is 25.0. The van der Waals surface area contributed by atoms with E-state index in [-0.39, 0.29) is 5.41 Å². The van der Waals surface area contributed by atoms with Crippen LogP contribution in [0, 0.1) is 0 Å². The van der Waals surface area contributed by atoms with E-state index in [0.717, 1.165) is 45.3 Å². The molecule has 0 heterocycles. The summed E-state index contributed by atoms with van der Waals surface area (Å²) >= 11 is 0. The van der Waals surface area contributed by atoms with Crippen molar-refractivity contribution in [2.75, 3.05) is 9.80 Å². The molecule has 14 aromatic carbocycles. The van der Waals surface area contributed by atoms with Gasteiger partial charge in [0.1, 0.15) is 0 Å². The maximum atomic E-state index is 2.55. The summed E-state index contributed by atoms with van der Waals surface area (Å²) in [6.07, 6.45) is 0. The van der Waals surface area contributed by atoms with Gasteiger partial charge in [-0.1, -0.05) is 311 Å². The van der Waals surface area contributed by atoms with Gasteiger partial charge in [0, 0.05) is 33.7 Å². The summed E-state index contributed by atoms with van der Waals surface area (Å²) in [5, 5.41) is 0. The van der Waals surface area contributed by atoms with Gasteiger partial charge in [-0.25, -0.2) is 0 Å². The highest BCUT2D eigenvalue weighted by Gasteiger charge is 2.48. The van der Waals surface area contributed by atoms with E-state index in [1.807, 2.05) is 0 Å². The Hall–Kier alpha value is -11.3. The van der Waals surface area contributed by atoms with Crippen molar-refractivity contribution in [3.63, 3.8) is 0 Å². The molecule has 0 aliphatic heterocycles. The van der Waals surface area contributed by atoms with E-state index < -0.39 is 10.8 Å². The fourth-order valence-corrected chi connectivity index (χ4v) is 16.2. The second kappa shape index (κ2) is 21.5. The topological polar surface area (TPSA) is 6.48 Å².